The predicted octanol–water partition coefficient (Wildman–Crippen LogP) is 3.33. The summed E-state index contributed by atoms with van der Waals surface area (Å²) in [6.45, 7) is 1.73. The molecule has 0 heterocycles. The van der Waals surface area contributed by atoms with Gasteiger partial charge in [-0.25, -0.2) is 9.82 Å². The lowest BCUT2D eigenvalue weighted by Crippen LogP contribution is -2.20. The molecule has 6 heteroatoms. The minimum atomic E-state index is -0.615. The SMILES string of the molecule is C/C(=N/NC(=O)c1ccccc1F)c1cccc(NC(=O)C2CC2)c1. The van der Waals surface area contributed by atoms with Crippen molar-refractivity contribution < 1.29 is 14.0 Å². The third-order valence-corrected chi connectivity index (χ3v) is 3.94. The number of carbonyl (C=O) groups excluding carboxylic acids is 2. The molecule has 0 radical (unpaired) electrons. The van der Waals surface area contributed by atoms with Crippen molar-refractivity contribution in [3.8, 4) is 0 Å². The van der Waals surface area contributed by atoms with Crippen molar-refractivity contribution in [3.05, 3.63) is 65.5 Å². The lowest BCUT2D eigenvalue weighted by Gasteiger charge is -2.07. The number of halogens is 1. The van der Waals surface area contributed by atoms with Gasteiger partial charge >= 0.3 is 0 Å². The molecule has 0 aromatic heterocycles. The van der Waals surface area contributed by atoms with Gasteiger partial charge in [-0.2, -0.15) is 5.10 Å². The fourth-order valence-corrected chi connectivity index (χ4v) is 2.32. The first-order chi connectivity index (χ1) is 12.0. The van der Waals surface area contributed by atoms with Crippen LogP contribution in [-0.4, -0.2) is 17.5 Å². The maximum atomic E-state index is 13.6. The summed E-state index contributed by atoms with van der Waals surface area (Å²) >= 11 is 0. The molecule has 25 heavy (non-hydrogen) atoms. The number of rotatable bonds is 5. The molecule has 0 atom stereocenters. The number of hydrogen-bond donors (Lipinski definition) is 2. The zero-order chi connectivity index (χ0) is 17.8. The van der Waals surface area contributed by atoms with E-state index in [9.17, 15) is 14.0 Å². The van der Waals surface area contributed by atoms with E-state index < -0.39 is 11.7 Å². The van der Waals surface area contributed by atoms with Crippen LogP contribution < -0.4 is 10.7 Å². The number of nitrogens with zero attached hydrogens (tertiary/aromatic N) is 1. The van der Waals surface area contributed by atoms with Gasteiger partial charge in [-0.05, 0) is 49.6 Å². The lowest BCUT2D eigenvalue weighted by molar-refractivity contribution is -0.117. The molecule has 2 aromatic rings. The van der Waals surface area contributed by atoms with Gasteiger partial charge in [0.05, 0.1) is 11.3 Å². The van der Waals surface area contributed by atoms with Crippen LogP contribution in [-0.2, 0) is 4.79 Å². The minimum absolute atomic E-state index is 0.0274. The average Bonchev–Trinajstić information content (AvgIpc) is 3.45. The molecule has 2 amide bonds. The molecule has 0 aliphatic heterocycles. The molecular weight excluding hydrogens is 321 g/mol. The van der Waals surface area contributed by atoms with Gasteiger partial charge in [0.1, 0.15) is 5.82 Å². The Hall–Kier alpha value is -3.02. The fourth-order valence-electron chi connectivity index (χ4n) is 2.32. The molecule has 0 unspecified atom stereocenters. The molecular formula is C19H18FN3O2. The zero-order valence-electron chi connectivity index (χ0n) is 13.8. The van der Waals surface area contributed by atoms with Gasteiger partial charge in [0, 0.05) is 11.6 Å². The number of anilines is 1. The third kappa shape index (κ3) is 4.29. The van der Waals surface area contributed by atoms with Gasteiger partial charge in [-0.1, -0.05) is 24.3 Å². The van der Waals surface area contributed by atoms with Crippen molar-refractivity contribution in [1.82, 2.24) is 5.43 Å². The van der Waals surface area contributed by atoms with Crippen LogP contribution in [0.2, 0.25) is 0 Å². The summed E-state index contributed by atoms with van der Waals surface area (Å²) in [7, 11) is 0. The van der Waals surface area contributed by atoms with E-state index in [4.69, 9.17) is 0 Å². The smallest absolute Gasteiger partial charge is 0.274 e. The van der Waals surface area contributed by atoms with Gasteiger partial charge < -0.3 is 5.32 Å². The minimum Gasteiger partial charge on any atom is -0.326 e. The largest absolute Gasteiger partial charge is 0.326 e. The van der Waals surface area contributed by atoms with Crippen LogP contribution in [0.25, 0.3) is 0 Å². The van der Waals surface area contributed by atoms with Gasteiger partial charge in [-0.3, -0.25) is 9.59 Å². The highest BCUT2D eigenvalue weighted by molar-refractivity contribution is 6.02. The molecule has 128 valence electrons. The first kappa shape index (κ1) is 16.8. The highest BCUT2D eigenvalue weighted by Crippen LogP contribution is 2.30. The number of carbonyl (C=O) groups is 2. The molecule has 0 bridgehead atoms. The van der Waals surface area contributed by atoms with Crippen LogP contribution in [0, 0.1) is 11.7 Å². The van der Waals surface area contributed by atoms with E-state index in [1.165, 1.54) is 18.2 Å². The van der Waals surface area contributed by atoms with Crippen LogP contribution >= 0.6 is 0 Å². The molecule has 1 fully saturated rings. The molecule has 1 aliphatic carbocycles. The zero-order valence-corrected chi connectivity index (χ0v) is 13.8. The first-order valence-electron chi connectivity index (χ1n) is 8.05. The van der Waals surface area contributed by atoms with E-state index in [0.717, 1.165) is 18.4 Å². The topological polar surface area (TPSA) is 70.6 Å². The number of nitrogens with one attached hydrogen (secondary N) is 2. The van der Waals surface area contributed by atoms with Crippen LogP contribution in [0.1, 0.15) is 35.7 Å². The van der Waals surface area contributed by atoms with E-state index in [1.54, 1.807) is 31.2 Å². The van der Waals surface area contributed by atoms with E-state index in [2.05, 4.69) is 15.8 Å². The van der Waals surface area contributed by atoms with Crippen LogP contribution in [0.3, 0.4) is 0 Å². The first-order valence-corrected chi connectivity index (χ1v) is 8.05. The standard InChI is InChI=1S/C19H18FN3O2/c1-12(22-23-19(25)16-7-2-3-8-17(16)20)14-5-4-6-15(11-14)21-18(24)13-9-10-13/h2-8,11,13H,9-10H2,1H3,(H,21,24)(H,23,25)/b22-12-. The summed E-state index contributed by atoms with van der Waals surface area (Å²) in [6.07, 6.45) is 1.88. The number of benzene rings is 2. The van der Waals surface area contributed by atoms with E-state index in [-0.39, 0.29) is 17.4 Å². The number of amides is 2. The summed E-state index contributed by atoms with van der Waals surface area (Å²) in [5.41, 5.74) is 4.27. The quantitative estimate of drug-likeness (QED) is 0.648. The predicted molar refractivity (Wildman–Crippen MR) is 93.9 cm³/mol. The number of hydrazone groups is 1. The molecule has 2 N–H and O–H groups in total. The third-order valence-electron chi connectivity index (χ3n) is 3.94. The molecule has 2 aromatic carbocycles. The van der Waals surface area contributed by atoms with Crippen molar-refractivity contribution in [2.45, 2.75) is 19.8 Å². The van der Waals surface area contributed by atoms with Crippen LogP contribution in [0.4, 0.5) is 10.1 Å². The fraction of sp³-hybridized carbons (Fsp3) is 0.211. The van der Waals surface area contributed by atoms with Crippen molar-refractivity contribution in [3.63, 3.8) is 0 Å². The van der Waals surface area contributed by atoms with Crippen molar-refractivity contribution in [2.75, 3.05) is 5.32 Å². The summed E-state index contributed by atoms with van der Waals surface area (Å²) < 4.78 is 13.6. The second-order valence-corrected chi connectivity index (χ2v) is 5.96. The Morgan fingerprint density at radius 1 is 1.12 bits per heavy atom. The van der Waals surface area contributed by atoms with E-state index in [1.807, 2.05) is 6.07 Å². The summed E-state index contributed by atoms with van der Waals surface area (Å²) in [6, 6.07) is 12.9. The highest BCUT2D eigenvalue weighted by Gasteiger charge is 2.29. The second-order valence-electron chi connectivity index (χ2n) is 5.96. The summed E-state index contributed by atoms with van der Waals surface area (Å²) in [4.78, 5) is 23.8. The molecule has 3 rings (SSSR count). The maximum Gasteiger partial charge on any atom is 0.274 e. The molecule has 0 saturated heterocycles. The monoisotopic (exact) mass is 339 g/mol. The summed E-state index contributed by atoms with van der Waals surface area (Å²) in [5, 5.41) is 6.88. The summed E-state index contributed by atoms with van der Waals surface area (Å²) in [5.74, 6) is -1.06. The van der Waals surface area contributed by atoms with Crippen LogP contribution in [0.5, 0.6) is 0 Å². The second kappa shape index (κ2) is 7.25. The lowest BCUT2D eigenvalue weighted by atomic mass is 10.1. The molecule has 1 saturated carbocycles. The Balaban J connectivity index is 1.68. The van der Waals surface area contributed by atoms with Gasteiger partial charge in [0.15, 0.2) is 0 Å². The van der Waals surface area contributed by atoms with Gasteiger partial charge in [0.25, 0.3) is 5.91 Å². The van der Waals surface area contributed by atoms with Crippen molar-refractivity contribution in [2.24, 2.45) is 11.0 Å². The highest BCUT2D eigenvalue weighted by atomic mass is 19.1. The Bertz CT molecular complexity index is 844. The van der Waals surface area contributed by atoms with Crippen molar-refractivity contribution >= 4 is 23.2 Å². The van der Waals surface area contributed by atoms with Gasteiger partial charge in [-0.15, -0.1) is 0 Å². The Morgan fingerprint density at radius 2 is 1.88 bits per heavy atom. The van der Waals surface area contributed by atoms with Gasteiger partial charge in [0.2, 0.25) is 5.91 Å². The van der Waals surface area contributed by atoms with Crippen LogP contribution in [0.15, 0.2) is 53.6 Å². The maximum absolute atomic E-state index is 13.6. The Morgan fingerprint density at radius 3 is 2.60 bits per heavy atom. The average molecular weight is 339 g/mol. The number of hydrogen-bond acceptors (Lipinski definition) is 3. The van der Waals surface area contributed by atoms with E-state index in [0.29, 0.717) is 11.4 Å². The molecule has 0 spiro atoms. The van der Waals surface area contributed by atoms with E-state index >= 15 is 0 Å². The Labute approximate surface area is 144 Å². The van der Waals surface area contributed by atoms with Crippen molar-refractivity contribution in [1.29, 1.82) is 0 Å². The molecule has 5 nitrogen and oxygen atoms in total. The normalized spacial score (nSPS) is 14.1. The molecule has 1 aliphatic rings. The Kier molecular flexibility index (Phi) is 4.88.